The van der Waals surface area contributed by atoms with Crippen LogP contribution in [0.4, 0.5) is 0 Å². The van der Waals surface area contributed by atoms with Gasteiger partial charge in [-0.1, -0.05) is 47.6 Å². The molecule has 0 radical (unpaired) electrons. The number of carbonyl (C=O) groups excluding carboxylic acids is 1. The van der Waals surface area contributed by atoms with Gasteiger partial charge in [-0.3, -0.25) is 0 Å². The molecule has 2 unspecified atom stereocenters. The first-order chi connectivity index (χ1) is 10.3. The second-order valence-electron chi connectivity index (χ2n) is 5.65. The number of benzene rings is 2. The van der Waals surface area contributed by atoms with E-state index in [1.54, 1.807) is 12.1 Å². The Hall–Kier alpha value is -2.42. The molecule has 104 valence electrons. The van der Waals surface area contributed by atoms with Gasteiger partial charge in [-0.05, 0) is 42.0 Å². The average Bonchev–Trinajstić information content (AvgIpc) is 2.81. The minimum absolute atomic E-state index is 0.387. The molecule has 0 aliphatic heterocycles. The highest BCUT2D eigenvalue weighted by molar-refractivity contribution is 5.96. The molecule has 0 spiro atoms. The lowest BCUT2D eigenvalue weighted by Gasteiger charge is -2.32. The Kier molecular flexibility index (Phi) is 2.85. The second kappa shape index (κ2) is 4.85. The zero-order valence-electron chi connectivity index (χ0n) is 11.5. The maximum Gasteiger partial charge on any atom is 0.365 e. The van der Waals surface area contributed by atoms with Crippen LogP contribution < -0.4 is 0 Å². The second-order valence-corrected chi connectivity index (χ2v) is 5.65. The predicted octanol–water partition coefficient (Wildman–Crippen LogP) is 3.56. The van der Waals surface area contributed by atoms with Crippen molar-refractivity contribution in [3.05, 3.63) is 71.3 Å². The summed E-state index contributed by atoms with van der Waals surface area (Å²) in [6.07, 6.45) is 1.92. The molecule has 2 atom stereocenters. The topological polar surface area (TPSA) is 38.7 Å². The van der Waals surface area contributed by atoms with E-state index < -0.39 is 0 Å². The van der Waals surface area contributed by atoms with Crippen LogP contribution in [0.25, 0.3) is 0 Å². The highest BCUT2D eigenvalue weighted by atomic mass is 16.7. The summed E-state index contributed by atoms with van der Waals surface area (Å²) >= 11 is 0. The molecule has 1 saturated carbocycles. The summed E-state index contributed by atoms with van der Waals surface area (Å²) < 4.78 is 0. The third kappa shape index (κ3) is 2.05. The average molecular weight is 277 g/mol. The van der Waals surface area contributed by atoms with Crippen LogP contribution in [0, 0.1) is 5.92 Å². The van der Waals surface area contributed by atoms with Crippen LogP contribution >= 0.6 is 0 Å². The third-order valence-electron chi connectivity index (χ3n) is 4.49. The third-order valence-corrected chi connectivity index (χ3v) is 4.49. The van der Waals surface area contributed by atoms with Crippen LogP contribution in [0.15, 0.2) is 59.8 Å². The van der Waals surface area contributed by atoms with E-state index in [1.165, 1.54) is 11.1 Å². The first-order valence-electron chi connectivity index (χ1n) is 7.24. The molecular formula is C18H15NO2. The lowest BCUT2D eigenvalue weighted by molar-refractivity contribution is 0.0509. The molecule has 0 bridgehead atoms. The number of carbonyl (C=O) groups is 1. The first-order valence-corrected chi connectivity index (χ1v) is 7.24. The van der Waals surface area contributed by atoms with Crippen LogP contribution in [0.1, 0.15) is 33.8 Å². The molecule has 0 N–H and O–H groups in total. The van der Waals surface area contributed by atoms with Gasteiger partial charge >= 0.3 is 5.97 Å². The van der Waals surface area contributed by atoms with Crippen LogP contribution in [-0.2, 0) is 11.3 Å². The number of fused-ring (bicyclic) bond motifs is 3. The van der Waals surface area contributed by atoms with Crippen molar-refractivity contribution in [2.45, 2.75) is 18.8 Å². The Labute approximate surface area is 123 Å². The Morgan fingerprint density at radius 3 is 2.57 bits per heavy atom. The van der Waals surface area contributed by atoms with Crippen LogP contribution in [0.5, 0.6) is 0 Å². The highest BCUT2D eigenvalue weighted by Crippen LogP contribution is 2.49. The normalized spacial score (nSPS) is 24.1. The molecule has 2 aromatic carbocycles. The van der Waals surface area contributed by atoms with Gasteiger partial charge in [-0.25, -0.2) is 4.79 Å². The molecule has 0 aromatic heterocycles. The van der Waals surface area contributed by atoms with E-state index in [4.69, 9.17) is 4.84 Å². The molecule has 21 heavy (non-hydrogen) atoms. The molecule has 1 fully saturated rings. The maximum absolute atomic E-state index is 11.9. The molecule has 2 aromatic rings. The van der Waals surface area contributed by atoms with Gasteiger partial charge in [0.05, 0.1) is 11.3 Å². The monoisotopic (exact) mass is 277 g/mol. The van der Waals surface area contributed by atoms with Gasteiger partial charge in [0.2, 0.25) is 0 Å². The Bertz CT molecular complexity index is 721. The summed E-state index contributed by atoms with van der Waals surface area (Å²) in [7, 11) is 0. The van der Waals surface area contributed by atoms with Crippen molar-refractivity contribution in [1.29, 1.82) is 0 Å². The van der Waals surface area contributed by atoms with Crippen LogP contribution in [-0.4, -0.2) is 11.7 Å². The van der Waals surface area contributed by atoms with Crippen LogP contribution in [0.2, 0.25) is 0 Å². The largest absolute Gasteiger partial charge is 0.365 e. The standard InChI is InChI=1S/C18H15NO2/c20-18(12-6-2-1-3-7-12)21-19-17-11-15-14-9-5-4-8-13(14)10-16(15)17/h1-9,15-16H,10-11H2/b19-17+. The van der Waals surface area contributed by atoms with Crippen molar-refractivity contribution in [2.75, 3.05) is 0 Å². The number of oxime groups is 1. The molecule has 0 amide bonds. The summed E-state index contributed by atoms with van der Waals surface area (Å²) in [6, 6.07) is 17.5. The summed E-state index contributed by atoms with van der Waals surface area (Å²) in [6.45, 7) is 0. The highest BCUT2D eigenvalue weighted by Gasteiger charge is 2.44. The molecule has 2 aliphatic carbocycles. The Balaban J connectivity index is 1.45. The van der Waals surface area contributed by atoms with E-state index in [1.807, 2.05) is 18.2 Å². The summed E-state index contributed by atoms with van der Waals surface area (Å²) in [5, 5.41) is 4.10. The summed E-state index contributed by atoms with van der Waals surface area (Å²) in [5.74, 6) is 0.600. The molecule has 0 heterocycles. The van der Waals surface area contributed by atoms with Gasteiger partial charge in [-0.15, -0.1) is 0 Å². The van der Waals surface area contributed by atoms with Crippen molar-refractivity contribution < 1.29 is 9.63 Å². The van der Waals surface area contributed by atoms with Crippen LogP contribution in [0.3, 0.4) is 0 Å². The van der Waals surface area contributed by atoms with Gasteiger partial charge in [0.1, 0.15) is 0 Å². The van der Waals surface area contributed by atoms with Gasteiger partial charge in [0, 0.05) is 5.92 Å². The van der Waals surface area contributed by atoms with Gasteiger partial charge in [0.15, 0.2) is 0 Å². The summed E-state index contributed by atoms with van der Waals surface area (Å²) in [5.41, 5.74) is 4.40. The molecule has 3 heteroatoms. The lowest BCUT2D eigenvalue weighted by Crippen LogP contribution is -2.33. The van der Waals surface area contributed by atoms with E-state index in [9.17, 15) is 4.79 Å². The first kappa shape index (κ1) is 12.3. The Morgan fingerprint density at radius 1 is 0.952 bits per heavy atom. The van der Waals surface area contributed by atoms with Gasteiger partial charge in [-0.2, -0.15) is 0 Å². The SMILES string of the molecule is O=C(O/N=C1\CC2c3ccccc3CC12)c1ccccc1. The van der Waals surface area contributed by atoms with Gasteiger partial charge < -0.3 is 4.84 Å². The maximum atomic E-state index is 11.9. The van der Waals surface area contributed by atoms with Crippen molar-refractivity contribution in [1.82, 2.24) is 0 Å². The number of hydrogen-bond donors (Lipinski definition) is 0. The zero-order chi connectivity index (χ0) is 14.2. The minimum Gasteiger partial charge on any atom is -0.313 e. The lowest BCUT2D eigenvalue weighted by atomic mass is 9.72. The quantitative estimate of drug-likeness (QED) is 0.622. The van der Waals surface area contributed by atoms with Gasteiger partial charge in [0.25, 0.3) is 0 Å². The van der Waals surface area contributed by atoms with E-state index >= 15 is 0 Å². The molecule has 3 nitrogen and oxygen atoms in total. The fourth-order valence-electron chi connectivity index (χ4n) is 3.33. The molecule has 4 rings (SSSR count). The number of nitrogens with zero attached hydrogens (tertiary/aromatic N) is 1. The molecule has 0 saturated heterocycles. The number of hydrogen-bond acceptors (Lipinski definition) is 3. The van der Waals surface area contributed by atoms with E-state index in [0.29, 0.717) is 17.4 Å². The minimum atomic E-state index is -0.387. The Morgan fingerprint density at radius 2 is 1.71 bits per heavy atom. The van der Waals surface area contributed by atoms with E-state index in [2.05, 4.69) is 29.4 Å². The predicted molar refractivity (Wildman–Crippen MR) is 80.3 cm³/mol. The zero-order valence-corrected chi connectivity index (χ0v) is 11.5. The van der Waals surface area contributed by atoms with Crippen molar-refractivity contribution in [3.63, 3.8) is 0 Å². The smallest absolute Gasteiger partial charge is 0.313 e. The van der Waals surface area contributed by atoms with E-state index in [-0.39, 0.29) is 5.97 Å². The molecular weight excluding hydrogens is 262 g/mol. The fraction of sp³-hybridized carbons (Fsp3) is 0.222. The summed E-state index contributed by atoms with van der Waals surface area (Å²) in [4.78, 5) is 17.0. The fourth-order valence-corrected chi connectivity index (χ4v) is 3.33. The number of rotatable bonds is 2. The van der Waals surface area contributed by atoms with Crippen molar-refractivity contribution >= 4 is 11.7 Å². The van der Waals surface area contributed by atoms with Crippen molar-refractivity contribution in [2.24, 2.45) is 11.1 Å². The molecule has 2 aliphatic rings. The van der Waals surface area contributed by atoms with Crippen molar-refractivity contribution in [3.8, 4) is 0 Å². The van der Waals surface area contributed by atoms with E-state index in [0.717, 1.165) is 18.6 Å².